The number of fused-ring (bicyclic) bond motifs is 1. The Bertz CT molecular complexity index is 894. The normalized spacial score (nSPS) is 17.4. The van der Waals surface area contributed by atoms with Gasteiger partial charge in [-0.15, -0.1) is 0 Å². The van der Waals surface area contributed by atoms with Gasteiger partial charge >= 0.3 is 5.97 Å². The van der Waals surface area contributed by atoms with Gasteiger partial charge in [0.05, 0.1) is 37.4 Å². The highest BCUT2D eigenvalue weighted by atomic mass is 16.5. The highest BCUT2D eigenvalue weighted by molar-refractivity contribution is 6.01. The van der Waals surface area contributed by atoms with Crippen molar-refractivity contribution in [3.05, 3.63) is 58.7 Å². The molecule has 0 unspecified atom stereocenters. The summed E-state index contributed by atoms with van der Waals surface area (Å²) in [6.45, 7) is 1.69. The van der Waals surface area contributed by atoms with Crippen LogP contribution in [0.4, 0.5) is 0 Å². The molecule has 2 N–H and O–H groups in total. The molecule has 7 heteroatoms. The van der Waals surface area contributed by atoms with Gasteiger partial charge in [0, 0.05) is 12.6 Å². The Labute approximate surface area is 163 Å². The zero-order valence-corrected chi connectivity index (χ0v) is 16.0. The average Bonchev–Trinajstić information content (AvgIpc) is 3.11. The predicted molar refractivity (Wildman–Crippen MR) is 102 cm³/mol. The smallest absolute Gasteiger partial charge is 0.338 e. The Morgan fingerprint density at radius 1 is 1.25 bits per heavy atom. The first-order valence-electron chi connectivity index (χ1n) is 9.02. The van der Waals surface area contributed by atoms with E-state index in [-0.39, 0.29) is 36.2 Å². The van der Waals surface area contributed by atoms with Gasteiger partial charge in [-0.3, -0.25) is 4.79 Å². The molecule has 1 amide bonds. The first kappa shape index (κ1) is 19.7. The summed E-state index contributed by atoms with van der Waals surface area (Å²) in [4.78, 5) is 24.8. The molecule has 2 atom stereocenters. The number of benzene rings is 2. The van der Waals surface area contributed by atoms with Crippen LogP contribution in [0.2, 0.25) is 0 Å². The van der Waals surface area contributed by atoms with Crippen LogP contribution in [0.1, 0.15) is 44.7 Å². The van der Waals surface area contributed by atoms with E-state index in [4.69, 9.17) is 14.2 Å². The minimum atomic E-state index is -0.594. The maximum Gasteiger partial charge on any atom is 0.338 e. The maximum absolute atomic E-state index is 12.4. The maximum atomic E-state index is 12.4. The zero-order chi connectivity index (χ0) is 20.3. The van der Waals surface area contributed by atoms with Crippen LogP contribution in [0.15, 0.2) is 36.4 Å². The van der Waals surface area contributed by atoms with E-state index >= 15 is 0 Å². The molecule has 3 rings (SSSR count). The summed E-state index contributed by atoms with van der Waals surface area (Å²) in [6, 6.07) is 10.5. The van der Waals surface area contributed by atoms with Crippen LogP contribution < -0.4 is 14.8 Å². The summed E-state index contributed by atoms with van der Waals surface area (Å²) >= 11 is 0. The van der Waals surface area contributed by atoms with Crippen molar-refractivity contribution in [1.29, 1.82) is 0 Å². The molecule has 0 fully saturated rings. The van der Waals surface area contributed by atoms with Crippen LogP contribution in [0.5, 0.6) is 11.5 Å². The second-order valence-electron chi connectivity index (χ2n) is 6.33. The average molecular weight is 385 g/mol. The largest absolute Gasteiger partial charge is 0.497 e. The number of rotatable bonds is 6. The molecule has 0 spiro atoms. The van der Waals surface area contributed by atoms with Gasteiger partial charge in [-0.25, -0.2) is 4.79 Å². The lowest BCUT2D eigenvalue weighted by molar-refractivity contribution is 0.0526. The van der Waals surface area contributed by atoms with E-state index in [1.165, 1.54) is 13.1 Å². The van der Waals surface area contributed by atoms with Crippen molar-refractivity contribution in [2.24, 2.45) is 0 Å². The molecule has 2 aromatic rings. The van der Waals surface area contributed by atoms with Crippen molar-refractivity contribution >= 4 is 11.9 Å². The van der Waals surface area contributed by atoms with Crippen molar-refractivity contribution < 1.29 is 28.9 Å². The molecule has 0 radical (unpaired) electrons. The van der Waals surface area contributed by atoms with Crippen LogP contribution in [-0.2, 0) is 4.74 Å². The van der Waals surface area contributed by atoms with Crippen LogP contribution in [0, 0.1) is 0 Å². The monoisotopic (exact) mass is 385 g/mol. The van der Waals surface area contributed by atoms with Gasteiger partial charge in [0.2, 0.25) is 0 Å². The van der Waals surface area contributed by atoms with Gasteiger partial charge in [0.15, 0.2) is 0 Å². The molecule has 1 aliphatic heterocycles. The Morgan fingerprint density at radius 3 is 2.68 bits per heavy atom. The van der Waals surface area contributed by atoms with Crippen LogP contribution in [0.25, 0.3) is 0 Å². The number of carbonyl (C=O) groups is 2. The minimum absolute atomic E-state index is 0.223. The fraction of sp³-hybridized carbons (Fsp3) is 0.333. The van der Waals surface area contributed by atoms with Gasteiger partial charge in [0.25, 0.3) is 5.91 Å². The zero-order valence-electron chi connectivity index (χ0n) is 16.0. The number of hydrogen-bond acceptors (Lipinski definition) is 6. The molecular formula is C21H23NO6. The second-order valence-corrected chi connectivity index (χ2v) is 6.33. The van der Waals surface area contributed by atoms with Crippen LogP contribution in [0.3, 0.4) is 0 Å². The van der Waals surface area contributed by atoms with Crippen molar-refractivity contribution in [3.8, 4) is 11.5 Å². The summed E-state index contributed by atoms with van der Waals surface area (Å²) < 4.78 is 16.4. The summed E-state index contributed by atoms with van der Waals surface area (Å²) in [7, 11) is 3.08. The summed E-state index contributed by atoms with van der Waals surface area (Å²) in [5.74, 6) is -0.250. The summed E-state index contributed by atoms with van der Waals surface area (Å²) in [5.41, 5.74) is 1.98. The van der Waals surface area contributed by atoms with Gasteiger partial charge in [-0.1, -0.05) is 12.1 Å². The fourth-order valence-corrected chi connectivity index (χ4v) is 3.44. The highest BCUT2D eigenvalue weighted by Gasteiger charge is 2.39. The standard InChI is InChI=1S/C21H23NO6/c1-4-27-21(25)13-9-15-18(12-6-5-7-14(8-12)26-3)17(11-23)28-19(15)16(10-13)20(24)22-2/h5-10,17-18,23H,4,11H2,1-3H3,(H,22,24)/t17-,18+/m1/s1. The number of methoxy groups -OCH3 is 1. The van der Waals surface area contributed by atoms with E-state index in [9.17, 15) is 14.7 Å². The van der Waals surface area contributed by atoms with E-state index < -0.39 is 12.1 Å². The molecule has 1 heterocycles. The highest BCUT2D eigenvalue weighted by Crippen LogP contribution is 2.45. The Kier molecular flexibility index (Phi) is 5.84. The number of esters is 1. The van der Waals surface area contributed by atoms with E-state index in [0.29, 0.717) is 17.1 Å². The van der Waals surface area contributed by atoms with E-state index in [1.54, 1.807) is 20.1 Å². The molecular weight excluding hydrogens is 362 g/mol. The number of aliphatic hydroxyl groups is 1. The van der Waals surface area contributed by atoms with Crippen LogP contribution in [-0.4, -0.2) is 50.5 Å². The third-order valence-electron chi connectivity index (χ3n) is 4.71. The quantitative estimate of drug-likeness (QED) is 0.740. The third-order valence-corrected chi connectivity index (χ3v) is 4.71. The van der Waals surface area contributed by atoms with E-state index in [2.05, 4.69) is 5.32 Å². The lowest BCUT2D eigenvalue weighted by Crippen LogP contribution is -2.24. The molecule has 1 aliphatic rings. The fourth-order valence-electron chi connectivity index (χ4n) is 3.44. The van der Waals surface area contributed by atoms with Crippen molar-refractivity contribution in [2.45, 2.75) is 18.9 Å². The number of carbonyl (C=O) groups excluding carboxylic acids is 2. The minimum Gasteiger partial charge on any atom is -0.497 e. The lowest BCUT2D eigenvalue weighted by atomic mass is 9.86. The lowest BCUT2D eigenvalue weighted by Gasteiger charge is -2.18. The molecule has 0 aliphatic carbocycles. The molecule has 7 nitrogen and oxygen atoms in total. The van der Waals surface area contributed by atoms with Gasteiger partial charge in [0.1, 0.15) is 17.6 Å². The molecule has 0 saturated heterocycles. The van der Waals surface area contributed by atoms with Crippen molar-refractivity contribution in [2.75, 3.05) is 27.4 Å². The molecule has 2 aromatic carbocycles. The topological polar surface area (TPSA) is 94.1 Å². The Morgan fingerprint density at radius 2 is 2.04 bits per heavy atom. The first-order chi connectivity index (χ1) is 13.5. The van der Waals surface area contributed by atoms with Crippen molar-refractivity contribution in [1.82, 2.24) is 5.32 Å². The van der Waals surface area contributed by atoms with E-state index in [0.717, 1.165) is 5.56 Å². The number of hydrogen-bond donors (Lipinski definition) is 2. The Hall–Kier alpha value is -3.06. The number of aliphatic hydroxyl groups excluding tert-OH is 1. The Balaban J connectivity index is 2.19. The van der Waals surface area contributed by atoms with Gasteiger partial charge in [-0.2, -0.15) is 0 Å². The second kappa shape index (κ2) is 8.31. The van der Waals surface area contributed by atoms with Crippen LogP contribution >= 0.6 is 0 Å². The first-order valence-corrected chi connectivity index (χ1v) is 9.02. The number of ether oxygens (including phenoxy) is 3. The molecule has 0 saturated carbocycles. The molecule has 0 aromatic heterocycles. The van der Waals surface area contributed by atoms with E-state index in [1.807, 2.05) is 24.3 Å². The SMILES string of the molecule is CCOC(=O)c1cc(C(=O)NC)c2c(c1)[C@H](c1cccc(OC)c1)[C@@H](CO)O2. The summed E-state index contributed by atoms with van der Waals surface area (Å²) in [6.07, 6.45) is -0.594. The van der Waals surface area contributed by atoms with Gasteiger partial charge in [-0.05, 0) is 36.8 Å². The number of amides is 1. The predicted octanol–water partition coefficient (Wildman–Crippen LogP) is 2.12. The van der Waals surface area contributed by atoms with Crippen molar-refractivity contribution in [3.63, 3.8) is 0 Å². The molecule has 28 heavy (non-hydrogen) atoms. The molecule has 0 bridgehead atoms. The number of nitrogens with one attached hydrogen (secondary N) is 1. The third kappa shape index (κ3) is 3.53. The van der Waals surface area contributed by atoms with Gasteiger partial charge < -0.3 is 24.6 Å². The summed E-state index contributed by atoms with van der Waals surface area (Å²) in [5, 5.41) is 12.5. The molecule has 148 valence electrons.